The van der Waals surface area contributed by atoms with E-state index in [0.29, 0.717) is 11.3 Å². The Morgan fingerprint density at radius 2 is 1.58 bits per heavy atom. The Balaban J connectivity index is 2.11. The molecule has 0 heterocycles. The third-order valence-corrected chi connectivity index (χ3v) is 5.80. The molecule has 2 aromatic carbocycles. The number of hydrogen-bond acceptors (Lipinski definition) is 3. The number of hydrogen-bond donors (Lipinski definition) is 2. The molecule has 0 fully saturated rings. The molecule has 1 amide bonds. The van der Waals surface area contributed by atoms with Crippen LogP contribution in [0.25, 0.3) is 0 Å². The van der Waals surface area contributed by atoms with E-state index in [2.05, 4.69) is 36.0 Å². The van der Waals surface area contributed by atoms with E-state index in [1.165, 1.54) is 11.1 Å². The summed E-state index contributed by atoms with van der Waals surface area (Å²) in [4.78, 5) is 12.5. The zero-order valence-electron chi connectivity index (χ0n) is 15.9. The molecule has 0 saturated carbocycles. The molecule has 0 radical (unpaired) electrons. The fourth-order valence-corrected chi connectivity index (χ4v) is 3.39. The van der Waals surface area contributed by atoms with Crippen LogP contribution in [-0.2, 0) is 10.0 Å². The number of rotatable bonds is 6. The van der Waals surface area contributed by atoms with Gasteiger partial charge in [-0.1, -0.05) is 12.1 Å². The van der Waals surface area contributed by atoms with Crippen LogP contribution in [0, 0.1) is 20.8 Å². The van der Waals surface area contributed by atoms with E-state index in [-0.39, 0.29) is 17.7 Å². The van der Waals surface area contributed by atoms with E-state index in [0.717, 1.165) is 11.1 Å². The highest BCUT2D eigenvalue weighted by atomic mass is 32.2. The van der Waals surface area contributed by atoms with Gasteiger partial charge in [-0.15, -0.1) is 0 Å². The van der Waals surface area contributed by atoms with Crippen LogP contribution in [0.2, 0.25) is 0 Å². The average molecular weight is 375 g/mol. The van der Waals surface area contributed by atoms with E-state index >= 15 is 0 Å². The molecule has 0 spiro atoms. The van der Waals surface area contributed by atoms with E-state index in [4.69, 9.17) is 0 Å². The lowest BCUT2D eigenvalue weighted by Gasteiger charge is -2.18. The van der Waals surface area contributed by atoms with Crippen molar-refractivity contribution in [3.05, 3.63) is 64.2 Å². The van der Waals surface area contributed by atoms with Gasteiger partial charge in [0.1, 0.15) is 0 Å². The molecule has 0 aliphatic rings. The number of carbonyl (C=O) groups excluding carboxylic acids is 1. The van der Waals surface area contributed by atoms with Crippen LogP contribution in [0.4, 0.5) is 5.69 Å². The van der Waals surface area contributed by atoms with Crippen LogP contribution in [0.5, 0.6) is 0 Å². The van der Waals surface area contributed by atoms with Crippen molar-refractivity contribution in [1.82, 2.24) is 5.32 Å². The number of anilines is 1. The van der Waals surface area contributed by atoms with E-state index < -0.39 is 10.0 Å². The maximum absolute atomic E-state index is 12.5. The minimum atomic E-state index is -3.32. The van der Waals surface area contributed by atoms with Gasteiger partial charge in [-0.05, 0) is 81.1 Å². The fourth-order valence-electron chi connectivity index (χ4n) is 2.75. The minimum absolute atomic E-state index is 0.00205. The van der Waals surface area contributed by atoms with Gasteiger partial charge in [0.05, 0.1) is 11.8 Å². The van der Waals surface area contributed by atoms with Crippen LogP contribution in [0.15, 0.2) is 36.4 Å². The van der Waals surface area contributed by atoms with Crippen molar-refractivity contribution >= 4 is 21.6 Å². The van der Waals surface area contributed by atoms with Crippen molar-refractivity contribution in [2.45, 2.75) is 40.7 Å². The van der Waals surface area contributed by atoms with Crippen LogP contribution >= 0.6 is 0 Å². The third-order valence-electron chi connectivity index (χ3n) is 4.50. The van der Waals surface area contributed by atoms with Crippen molar-refractivity contribution in [2.75, 3.05) is 10.5 Å². The van der Waals surface area contributed by atoms with E-state index in [1.807, 2.05) is 13.8 Å². The van der Waals surface area contributed by atoms with Crippen molar-refractivity contribution in [3.8, 4) is 0 Å². The van der Waals surface area contributed by atoms with Gasteiger partial charge in [0.2, 0.25) is 10.0 Å². The molecule has 0 aliphatic heterocycles. The monoisotopic (exact) mass is 374 g/mol. The lowest BCUT2D eigenvalue weighted by molar-refractivity contribution is 0.0940. The number of amides is 1. The number of benzene rings is 2. The van der Waals surface area contributed by atoms with Gasteiger partial charge in [-0.25, -0.2) is 8.42 Å². The summed E-state index contributed by atoms with van der Waals surface area (Å²) in [6.07, 6.45) is 0. The highest BCUT2D eigenvalue weighted by Crippen LogP contribution is 2.22. The Bertz CT molecular complexity index is 903. The topological polar surface area (TPSA) is 75.3 Å². The molecule has 5 nitrogen and oxygen atoms in total. The van der Waals surface area contributed by atoms with Crippen molar-refractivity contribution < 1.29 is 13.2 Å². The lowest BCUT2D eigenvalue weighted by atomic mass is 9.96. The van der Waals surface area contributed by atoms with Crippen molar-refractivity contribution in [2.24, 2.45) is 0 Å². The Labute approximate surface area is 155 Å². The Morgan fingerprint density at radius 3 is 2.15 bits per heavy atom. The molecule has 2 aromatic rings. The van der Waals surface area contributed by atoms with E-state index in [9.17, 15) is 13.2 Å². The average Bonchev–Trinajstić information content (AvgIpc) is 2.58. The molecule has 0 aromatic heterocycles. The summed E-state index contributed by atoms with van der Waals surface area (Å²) >= 11 is 0. The minimum Gasteiger partial charge on any atom is -0.346 e. The first-order valence-corrected chi connectivity index (χ1v) is 10.3. The highest BCUT2D eigenvalue weighted by molar-refractivity contribution is 7.92. The Kier molecular flexibility index (Phi) is 6.08. The van der Waals surface area contributed by atoms with Crippen molar-refractivity contribution in [3.63, 3.8) is 0 Å². The molecule has 140 valence electrons. The predicted octanol–water partition coefficient (Wildman–Crippen LogP) is 3.86. The number of sulfonamides is 1. The third kappa shape index (κ3) is 4.85. The predicted molar refractivity (Wildman–Crippen MR) is 106 cm³/mol. The molecule has 26 heavy (non-hydrogen) atoms. The molecule has 6 heteroatoms. The zero-order valence-corrected chi connectivity index (χ0v) is 16.7. The Hall–Kier alpha value is -2.34. The summed E-state index contributed by atoms with van der Waals surface area (Å²) in [6.45, 7) is 9.70. The molecule has 1 atom stereocenters. The highest BCUT2D eigenvalue weighted by Gasteiger charge is 2.15. The largest absolute Gasteiger partial charge is 0.346 e. The van der Waals surface area contributed by atoms with Gasteiger partial charge >= 0.3 is 0 Å². The maximum Gasteiger partial charge on any atom is 0.251 e. The maximum atomic E-state index is 12.5. The first kappa shape index (κ1) is 20.0. The van der Waals surface area contributed by atoms with Crippen LogP contribution < -0.4 is 10.0 Å². The second-order valence-corrected chi connectivity index (χ2v) is 8.58. The standard InChI is InChI=1S/C20H26N2O3S/c1-6-26(24,25)22-18-9-7-17(8-10-18)20(23)21-16(5)19-12-14(3)13(2)11-15(19)4/h7-12,16,22H,6H2,1-5H3,(H,21,23)/t16-/m0/s1. The number of carbonyl (C=O) groups is 1. The zero-order chi connectivity index (χ0) is 19.5. The second-order valence-electron chi connectivity index (χ2n) is 6.57. The van der Waals surface area contributed by atoms with Crippen molar-refractivity contribution in [1.29, 1.82) is 0 Å². The first-order valence-electron chi connectivity index (χ1n) is 8.62. The SMILES string of the molecule is CCS(=O)(=O)Nc1ccc(C(=O)N[C@@H](C)c2cc(C)c(C)cc2C)cc1. The summed E-state index contributed by atoms with van der Waals surface area (Å²) in [5.74, 6) is -0.192. The molecule has 2 rings (SSSR count). The van der Waals surface area contributed by atoms with Crippen LogP contribution in [0.1, 0.15) is 52.5 Å². The van der Waals surface area contributed by atoms with Gasteiger partial charge in [0, 0.05) is 11.3 Å². The summed E-state index contributed by atoms with van der Waals surface area (Å²) in [6, 6.07) is 10.5. The smallest absolute Gasteiger partial charge is 0.251 e. The second kappa shape index (κ2) is 7.91. The molecule has 0 aliphatic carbocycles. The van der Waals surface area contributed by atoms with Gasteiger partial charge in [0.25, 0.3) is 5.91 Å². The van der Waals surface area contributed by atoms with Crippen LogP contribution in [-0.4, -0.2) is 20.1 Å². The quantitative estimate of drug-likeness (QED) is 0.806. The fraction of sp³-hybridized carbons (Fsp3) is 0.350. The number of aryl methyl sites for hydroxylation is 3. The Morgan fingerprint density at radius 1 is 1.00 bits per heavy atom. The molecule has 0 saturated heterocycles. The summed E-state index contributed by atoms with van der Waals surface area (Å²) in [5.41, 5.74) is 5.59. The lowest BCUT2D eigenvalue weighted by Crippen LogP contribution is -2.27. The molecule has 0 bridgehead atoms. The van der Waals surface area contributed by atoms with Gasteiger partial charge in [-0.2, -0.15) is 0 Å². The summed E-state index contributed by atoms with van der Waals surface area (Å²) in [5, 5.41) is 3.00. The van der Waals surface area contributed by atoms with Gasteiger partial charge in [0.15, 0.2) is 0 Å². The number of nitrogens with one attached hydrogen (secondary N) is 2. The molecule has 2 N–H and O–H groups in total. The van der Waals surface area contributed by atoms with E-state index in [1.54, 1.807) is 31.2 Å². The van der Waals surface area contributed by atoms with Crippen LogP contribution in [0.3, 0.4) is 0 Å². The molecular formula is C20H26N2O3S. The summed E-state index contributed by atoms with van der Waals surface area (Å²) < 4.78 is 25.6. The molecular weight excluding hydrogens is 348 g/mol. The van der Waals surface area contributed by atoms with Gasteiger partial charge in [-0.3, -0.25) is 9.52 Å². The normalized spacial score (nSPS) is 12.5. The van der Waals surface area contributed by atoms with Gasteiger partial charge < -0.3 is 5.32 Å². The summed E-state index contributed by atoms with van der Waals surface area (Å²) in [7, 11) is -3.32. The molecule has 0 unspecified atom stereocenters. The first-order chi connectivity index (χ1) is 12.1.